The molecule has 0 aliphatic carbocycles. The van der Waals surface area contributed by atoms with Crippen LogP contribution in [0.15, 0.2) is 24.3 Å². The van der Waals surface area contributed by atoms with E-state index in [4.69, 9.17) is 4.74 Å². The number of hydrogen-bond acceptors (Lipinski definition) is 4. The number of amides is 1. The Kier molecular flexibility index (Phi) is 5.06. The Morgan fingerprint density at radius 2 is 1.96 bits per heavy atom. The molecule has 1 aromatic carbocycles. The number of carbonyl (C=O) groups is 1. The number of nitrogens with zero attached hydrogens (tertiary/aromatic N) is 2. The molecule has 2 aliphatic heterocycles. The van der Waals surface area contributed by atoms with Gasteiger partial charge in [0, 0.05) is 32.7 Å². The molecule has 0 unspecified atom stereocenters. The Morgan fingerprint density at radius 3 is 2.61 bits per heavy atom. The Morgan fingerprint density at radius 1 is 1.22 bits per heavy atom. The van der Waals surface area contributed by atoms with Crippen LogP contribution in [0.1, 0.15) is 13.8 Å². The van der Waals surface area contributed by atoms with E-state index in [0.29, 0.717) is 18.4 Å². The first-order valence-electron chi connectivity index (χ1n) is 8.67. The van der Waals surface area contributed by atoms with Crippen LogP contribution in [0.4, 0.5) is 5.69 Å². The molecule has 2 atom stereocenters. The molecule has 2 heterocycles. The first kappa shape index (κ1) is 16.1. The summed E-state index contributed by atoms with van der Waals surface area (Å²) < 4.78 is 5.73. The number of anilines is 1. The highest BCUT2D eigenvalue weighted by Gasteiger charge is 2.34. The molecular formula is C18H27N3O2. The molecule has 1 amide bonds. The Balaban J connectivity index is 1.61. The highest BCUT2D eigenvalue weighted by molar-refractivity contribution is 5.80. The zero-order valence-electron chi connectivity index (χ0n) is 14.1. The predicted octanol–water partition coefficient (Wildman–Crippen LogP) is 1.59. The second kappa shape index (κ2) is 7.21. The molecule has 0 aromatic heterocycles. The summed E-state index contributed by atoms with van der Waals surface area (Å²) in [5, 5.41) is 3.32. The number of piperazine rings is 1. The van der Waals surface area contributed by atoms with E-state index in [1.165, 1.54) is 0 Å². The molecule has 2 saturated heterocycles. The van der Waals surface area contributed by atoms with Gasteiger partial charge in [0.1, 0.15) is 5.75 Å². The van der Waals surface area contributed by atoms with Gasteiger partial charge < -0.3 is 19.9 Å². The van der Waals surface area contributed by atoms with E-state index in [1.54, 1.807) is 0 Å². The summed E-state index contributed by atoms with van der Waals surface area (Å²) in [6, 6.07) is 8.16. The molecule has 126 valence electrons. The van der Waals surface area contributed by atoms with Gasteiger partial charge in [0.05, 0.1) is 18.2 Å². The van der Waals surface area contributed by atoms with Gasteiger partial charge in [0.25, 0.3) is 0 Å². The van der Waals surface area contributed by atoms with Gasteiger partial charge >= 0.3 is 0 Å². The predicted molar refractivity (Wildman–Crippen MR) is 91.9 cm³/mol. The van der Waals surface area contributed by atoms with Crippen LogP contribution in [0.2, 0.25) is 0 Å². The average molecular weight is 317 g/mol. The van der Waals surface area contributed by atoms with Crippen molar-refractivity contribution < 1.29 is 9.53 Å². The van der Waals surface area contributed by atoms with E-state index in [9.17, 15) is 4.79 Å². The summed E-state index contributed by atoms with van der Waals surface area (Å²) in [5.41, 5.74) is 1.14. The number of carbonyl (C=O) groups excluding carboxylic acids is 1. The number of ether oxygens (including phenoxy) is 1. The summed E-state index contributed by atoms with van der Waals surface area (Å²) in [4.78, 5) is 17.0. The minimum absolute atomic E-state index is 0.150. The molecule has 5 nitrogen and oxygen atoms in total. The standard InChI is InChI=1S/C18H27N3O2/c1-3-23-17-7-5-4-6-16(17)20-8-10-21(11-9-20)18(22)15-13-19-12-14(15)2/h4-7,14-15,19H,3,8-13H2,1-2H3/t14-,15-/m1/s1. The quantitative estimate of drug-likeness (QED) is 0.916. The Labute approximate surface area is 138 Å². The molecule has 0 radical (unpaired) electrons. The third-order valence-electron chi connectivity index (χ3n) is 4.93. The number of rotatable bonds is 4. The molecule has 2 fully saturated rings. The Hall–Kier alpha value is -1.75. The van der Waals surface area contributed by atoms with E-state index in [2.05, 4.69) is 23.2 Å². The molecular weight excluding hydrogens is 290 g/mol. The summed E-state index contributed by atoms with van der Waals surface area (Å²) in [6.45, 7) is 9.94. The maximum atomic E-state index is 12.7. The second-order valence-electron chi connectivity index (χ2n) is 6.46. The molecule has 2 aliphatic rings. The lowest BCUT2D eigenvalue weighted by Gasteiger charge is -2.38. The zero-order chi connectivity index (χ0) is 16.2. The number of hydrogen-bond donors (Lipinski definition) is 1. The fourth-order valence-corrected chi connectivity index (χ4v) is 3.54. The summed E-state index contributed by atoms with van der Waals surface area (Å²) in [6.07, 6.45) is 0. The molecule has 1 N–H and O–H groups in total. The van der Waals surface area contributed by atoms with Crippen LogP contribution in [0.25, 0.3) is 0 Å². The van der Waals surface area contributed by atoms with Crippen LogP contribution in [0.3, 0.4) is 0 Å². The fraction of sp³-hybridized carbons (Fsp3) is 0.611. The summed E-state index contributed by atoms with van der Waals surface area (Å²) >= 11 is 0. The molecule has 0 bridgehead atoms. The van der Waals surface area contributed by atoms with Crippen molar-refractivity contribution in [2.24, 2.45) is 11.8 Å². The molecule has 1 aromatic rings. The van der Waals surface area contributed by atoms with Gasteiger partial charge in [-0.3, -0.25) is 4.79 Å². The highest BCUT2D eigenvalue weighted by atomic mass is 16.5. The van der Waals surface area contributed by atoms with Crippen molar-refractivity contribution in [2.45, 2.75) is 13.8 Å². The average Bonchev–Trinajstić information content (AvgIpc) is 3.01. The second-order valence-corrected chi connectivity index (χ2v) is 6.46. The lowest BCUT2D eigenvalue weighted by molar-refractivity contribution is -0.136. The van der Waals surface area contributed by atoms with Crippen molar-refractivity contribution in [3.63, 3.8) is 0 Å². The molecule has 0 saturated carbocycles. The maximum Gasteiger partial charge on any atom is 0.227 e. The topological polar surface area (TPSA) is 44.8 Å². The van der Waals surface area contributed by atoms with Crippen molar-refractivity contribution in [1.82, 2.24) is 10.2 Å². The van der Waals surface area contributed by atoms with Gasteiger partial charge in [0.15, 0.2) is 0 Å². The highest BCUT2D eigenvalue weighted by Crippen LogP contribution is 2.29. The van der Waals surface area contributed by atoms with Crippen LogP contribution >= 0.6 is 0 Å². The molecule has 23 heavy (non-hydrogen) atoms. The van der Waals surface area contributed by atoms with E-state index < -0.39 is 0 Å². The van der Waals surface area contributed by atoms with Crippen LogP contribution in [-0.2, 0) is 4.79 Å². The number of para-hydroxylation sites is 2. The van der Waals surface area contributed by atoms with Crippen LogP contribution in [0.5, 0.6) is 5.75 Å². The van der Waals surface area contributed by atoms with E-state index in [0.717, 1.165) is 50.7 Å². The lowest BCUT2D eigenvalue weighted by Crippen LogP contribution is -2.51. The van der Waals surface area contributed by atoms with E-state index in [1.807, 2.05) is 30.0 Å². The van der Waals surface area contributed by atoms with Crippen molar-refractivity contribution in [2.75, 3.05) is 50.8 Å². The van der Waals surface area contributed by atoms with Crippen molar-refractivity contribution >= 4 is 11.6 Å². The largest absolute Gasteiger partial charge is 0.492 e. The lowest BCUT2D eigenvalue weighted by atomic mass is 9.96. The minimum Gasteiger partial charge on any atom is -0.492 e. The van der Waals surface area contributed by atoms with Crippen LogP contribution < -0.4 is 15.0 Å². The third-order valence-corrected chi connectivity index (χ3v) is 4.93. The van der Waals surface area contributed by atoms with Gasteiger partial charge in [0.2, 0.25) is 5.91 Å². The normalized spacial score (nSPS) is 24.8. The van der Waals surface area contributed by atoms with E-state index in [-0.39, 0.29) is 5.92 Å². The number of nitrogens with one attached hydrogen (secondary N) is 1. The minimum atomic E-state index is 0.150. The first-order chi connectivity index (χ1) is 11.2. The molecule has 3 rings (SSSR count). The van der Waals surface area contributed by atoms with E-state index >= 15 is 0 Å². The summed E-state index contributed by atoms with van der Waals surface area (Å²) in [5.74, 6) is 1.85. The van der Waals surface area contributed by atoms with Crippen molar-refractivity contribution in [3.05, 3.63) is 24.3 Å². The zero-order valence-corrected chi connectivity index (χ0v) is 14.1. The first-order valence-corrected chi connectivity index (χ1v) is 8.67. The van der Waals surface area contributed by atoms with Crippen molar-refractivity contribution in [1.29, 1.82) is 0 Å². The molecule has 0 spiro atoms. The van der Waals surface area contributed by atoms with Crippen LogP contribution in [-0.4, -0.2) is 56.7 Å². The van der Waals surface area contributed by atoms with Gasteiger partial charge in [-0.2, -0.15) is 0 Å². The van der Waals surface area contributed by atoms with Gasteiger partial charge in [-0.1, -0.05) is 19.1 Å². The fourth-order valence-electron chi connectivity index (χ4n) is 3.54. The van der Waals surface area contributed by atoms with Gasteiger partial charge in [-0.05, 0) is 31.5 Å². The van der Waals surface area contributed by atoms with Gasteiger partial charge in [-0.25, -0.2) is 0 Å². The number of benzene rings is 1. The smallest absolute Gasteiger partial charge is 0.227 e. The van der Waals surface area contributed by atoms with Gasteiger partial charge in [-0.15, -0.1) is 0 Å². The monoisotopic (exact) mass is 317 g/mol. The Bertz CT molecular complexity index is 541. The maximum absolute atomic E-state index is 12.7. The van der Waals surface area contributed by atoms with Crippen LogP contribution in [0, 0.1) is 11.8 Å². The summed E-state index contributed by atoms with van der Waals surface area (Å²) in [7, 11) is 0. The SMILES string of the molecule is CCOc1ccccc1N1CCN(C(=O)[C@@H]2CNC[C@H]2C)CC1. The molecule has 5 heteroatoms. The van der Waals surface area contributed by atoms with Crippen molar-refractivity contribution in [3.8, 4) is 5.75 Å². The third kappa shape index (κ3) is 3.44.